The lowest BCUT2D eigenvalue weighted by Gasteiger charge is -2.17. The van der Waals surface area contributed by atoms with Crippen molar-refractivity contribution in [3.05, 3.63) is 88.7 Å². The topological polar surface area (TPSA) is 82.9 Å². The summed E-state index contributed by atoms with van der Waals surface area (Å²) in [7, 11) is 0. The molecule has 34 heavy (non-hydrogen) atoms. The molecule has 3 heterocycles. The van der Waals surface area contributed by atoms with Gasteiger partial charge in [-0.1, -0.05) is 59.9 Å². The summed E-state index contributed by atoms with van der Waals surface area (Å²) in [6.45, 7) is 1.97. The van der Waals surface area contributed by atoms with Crippen LogP contribution >= 0.6 is 24.0 Å². The van der Waals surface area contributed by atoms with Gasteiger partial charge in [-0.25, -0.2) is 0 Å². The molecule has 1 saturated heterocycles. The van der Waals surface area contributed by atoms with Crippen LogP contribution in [-0.4, -0.2) is 33.5 Å². The Morgan fingerprint density at radius 3 is 2.50 bits per heavy atom. The number of aryl methyl sites for hydroxylation is 1. The third-order valence-corrected chi connectivity index (χ3v) is 6.98. The fraction of sp³-hybridized carbons (Fsp3) is 0.120. The van der Waals surface area contributed by atoms with Crippen molar-refractivity contribution in [2.24, 2.45) is 0 Å². The molecule has 2 aromatic carbocycles. The molecule has 0 aliphatic carbocycles. The summed E-state index contributed by atoms with van der Waals surface area (Å²) in [4.78, 5) is 42.6. The van der Waals surface area contributed by atoms with Crippen molar-refractivity contribution in [2.75, 3.05) is 16.8 Å². The summed E-state index contributed by atoms with van der Waals surface area (Å²) in [5.41, 5.74) is 3.18. The van der Waals surface area contributed by atoms with Crippen molar-refractivity contribution in [3.63, 3.8) is 0 Å². The molecule has 5 rings (SSSR count). The number of nitrogens with one attached hydrogen (secondary N) is 1. The number of furan rings is 1. The van der Waals surface area contributed by atoms with Crippen LogP contribution in [0.15, 0.2) is 76.2 Å². The Kier molecular flexibility index (Phi) is 5.80. The molecule has 0 saturated carbocycles. The van der Waals surface area contributed by atoms with Crippen LogP contribution in [0.25, 0.3) is 5.57 Å². The van der Waals surface area contributed by atoms with Crippen LogP contribution in [0.1, 0.15) is 16.9 Å². The van der Waals surface area contributed by atoms with Gasteiger partial charge in [0.15, 0.2) is 0 Å². The summed E-state index contributed by atoms with van der Waals surface area (Å²) in [5, 5.41) is 2.82. The van der Waals surface area contributed by atoms with Gasteiger partial charge >= 0.3 is 0 Å². The van der Waals surface area contributed by atoms with E-state index in [4.69, 9.17) is 16.6 Å². The molecule has 1 aromatic heterocycles. The van der Waals surface area contributed by atoms with E-state index in [2.05, 4.69) is 5.32 Å². The summed E-state index contributed by atoms with van der Waals surface area (Å²) < 4.78 is 5.70. The zero-order valence-electron chi connectivity index (χ0n) is 18.1. The second-order valence-corrected chi connectivity index (χ2v) is 9.51. The monoisotopic (exact) mass is 489 g/mol. The van der Waals surface area contributed by atoms with Gasteiger partial charge in [0.1, 0.15) is 16.6 Å². The minimum absolute atomic E-state index is 0.181. The zero-order valence-corrected chi connectivity index (χ0v) is 19.7. The van der Waals surface area contributed by atoms with Crippen LogP contribution in [-0.2, 0) is 20.9 Å². The molecule has 0 radical (unpaired) electrons. The molecule has 0 unspecified atom stereocenters. The van der Waals surface area contributed by atoms with E-state index in [0.29, 0.717) is 27.0 Å². The first-order chi connectivity index (χ1) is 16.4. The number of thiocarbonyl (C=S) groups is 1. The van der Waals surface area contributed by atoms with Crippen LogP contribution in [0.2, 0.25) is 0 Å². The van der Waals surface area contributed by atoms with Crippen molar-refractivity contribution in [1.82, 2.24) is 4.90 Å². The van der Waals surface area contributed by atoms with Gasteiger partial charge in [0, 0.05) is 11.3 Å². The predicted octanol–water partition coefficient (Wildman–Crippen LogP) is 4.34. The maximum absolute atomic E-state index is 13.5. The number of carbonyl (C=O) groups excluding carboxylic acids is 3. The number of benzene rings is 2. The quantitative estimate of drug-likeness (QED) is 0.424. The third kappa shape index (κ3) is 4.04. The Morgan fingerprint density at radius 1 is 1.00 bits per heavy atom. The van der Waals surface area contributed by atoms with Crippen LogP contribution in [0.4, 0.5) is 11.4 Å². The van der Waals surface area contributed by atoms with E-state index in [1.54, 1.807) is 36.4 Å². The van der Waals surface area contributed by atoms with Gasteiger partial charge in [0.05, 0.1) is 29.0 Å². The van der Waals surface area contributed by atoms with Gasteiger partial charge in [0.2, 0.25) is 5.91 Å². The van der Waals surface area contributed by atoms with Crippen molar-refractivity contribution >= 4 is 63.0 Å². The predicted molar refractivity (Wildman–Crippen MR) is 135 cm³/mol. The van der Waals surface area contributed by atoms with E-state index in [1.165, 1.54) is 16.1 Å². The summed E-state index contributed by atoms with van der Waals surface area (Å²) in [6.07, 6.45) is 1.53. The Balaban J connectivity index is 1.43. The van der Waals surface area contributed by atoms with Gasteiger partial charge in [-0.05, 0) is 37.3 Å². The SMILES string of the molecule is Cc1ccc(NC(=O)CN2C(=O)C(=C3SC(=S)N(Cc4ccco4)C3=O)c3ccccc32)cc1. The zero-order chi connectivity index (χ0) is 23.8. The first-order valence-corrected chi connectivity index (χ1v) is 11.7. The minimum Gasteiger partial charge on any atom is -0.467 e. The van der Waals surface area contributed by atoms with Crippen LogP contribution in [0, 0.1) is 6.92 Å². The molecule has 9 heteroatoms. The highest BCUT2D eigenvalue weighted by molar-refractivity contribution is 8.26. The first kappa shape index (κ1) is 22.1. The van der Waals surface area contributed by atoms with Crippen LogP contribution in [0.5, 0.6) is 0 Å². The van der Waals surface area contributed by atoms with Gasteiger partial charge in [-0.15, -0.1) is 0 Å². The number of hydrogen-bond acceptors (Lipinski definition) is 6. The Labute approximate surface area is 205 Å². The molecule has 0 bridgehead atoms. The van der Waals surface area contributed by atoms with E-state index in [0.717, 1.165) is 17.3 Å². The molecule has 0 atom stereocenters. The van der Waals surface area contributed by atoms with E-state index < -0.39 is 5.91 Å². The average molecular weight is 490 g/mol. The number of rotatable bonds is 5. The molecular formula is C25H19N3O4S2. The Hall–Kier alpha value is -3.69. The van der Waals surface area contributed by atoms with E-state index in [-0.39, 0.29) is 35.4 Å². The number of thioether (sulfide) groups is 1. The van der Waals surface area contributed by atoms with E-state index in [9.17, 15) is 14.4 Å². The second-order valence-electron chi connectivity index (χ2n) is 7.87. The van der Waals surface area contributed by atoms with E-state index in [1.807, 2.05) is 31.2 Å². The summed E-state index contributed by atoms with van der Waals surface area (Å²) in [6, 6.07) is 18.0. The lowest BCUT2D eigenvalue weighted by molar-refractivity contribution is -0.123. The largest absolute Gasteiger partial charge is 0.467 e. The van der Waals surface area contributed by atoms with Crippen molar-refractivity contribution in [2.45, 2.75) is 13.5 Å². The Bertz CT molecular complexity index is 1350. The van der Waals surface area contributed by atoms with Crippen molar-refractivity contribution in [1.29, 1.82) is 0 Å². The third-order valence-electron chi connectivity index (χ3n) is 5.53. The summed E-state index contributed by atoms with van der Waals surface area (Å²) in [5.74, 6) is -0.497. The first-order valence-electron chi connectivity index (χ1n) is 10.5. The van der Waals surface area contributed by atoms with Crippen LogP contribution in [0.3, 0.4) is 0 Å². The second kappa shape index (κ2) is 8.92. The lowest BCUT2D eigenvalue weighted by atomic mass is 10.1. The molecular weight excluding hydrogens is 470 g/mol. The molecule has 1 fully saturated rings. The molecule has 2 aliphatic rings. The lowest BCUT2D eigenvalue weighted by Crippen LogP contribution is -2.35. The highest BCUT2D eigenvalue weighted by Gasteiger charge is 2.42. The maximum atomic E-state index is 13.5. The molecule has 0 spiro atoms. The number of amides is 3. The fourth-order valence-corrected chi connectivity index (χ4v) is 5.21. The Morgan fingerprint density at radius 2 is 1.76 bits per heavy atom. The number of para-hydroxylation sites is 1. The molecule has 3 aromatic rings. The molecule has 3 amide bonds. The van der Waals surface area contributed by atoms with Gasteiger partial charge in [-0.3, -0.25) is 24.2 Å². The number of carbonyl (C=O) groups is 3. The van der Waals surface area contributed by atoms with Crippen LogP contribution < -0.4 is 10.2 Å². The molecule has 2 aliphatic heterocycles. The molecule has 7 nitrogen and oxygen atoms in total. The van der Waals surface area contributed by atoms with Gasteiger partial charge < -0.3 is 9.73 Å². The highest BCUT2D eigenvalue weighted by Crippen LogP contribution is 2.44. The number of nitrogens with zero attached hydrogens (tertiary/aromatic N) is 2. The minimum atomic E-state index is -0.404. The number of fused-ring (bicyclic) bond motifs is 1. The van der Waals surface area contributed by atoms with Gasteiger partial charge in [-0.2, -0.15) is 0 Å². The molecule has 170 valence electrons. The number of anilines is 2. The summed E-state index contributed by atoms with van der Waals surface area (Å²) >= 11 is 6.52. The normalized spacial score (nSPS) is 17.5. The standard InChI is InChI=1S/C25H19N3O4S2/c1-15-8-10-16(11-9-15)26-20(29)14-27-19-7-3-2-6-18(19)21(23(27)30)22-24(31)28(25(33)34-22)13-17-5-4-12-32-17/h2-12H,13-14H2,1H3,(H,26,29). The van der Waals surface area contributed by atoms with E-state index >= 15 is 0 Å². The van der Waals surface area contributed by atoms with Crippen molar-refractivity contribution < 1.29 is 18.8 Å². The number of hydrogen-bond donors (Lipinski definition) is 1. The fourth-order valence-electron chi connectivity index (χ4n) is 3.88. The van der Waals surface area contributed by atoms with Crippen molar-refractivity contribution in [3.8, 4) is 0 Å². The highest BCUT2D eigenvalue weighted by atomic mass is 32.2. The maximum Gasteiger partial charge on any atom is 0.267 e. The average Bonchev–Trinajstić information content (AvgIpc) is 3.50. The smallest absolute Gasteiger partial charge is 0.267 e. The van der Waals surface area contributed by atoms with Gasteiger partial charge in [0.25, 0.3) is 11.8 Å². The molecule has 1 N–H and O–H groups in total.